The van der Waals surface area contributed by atoms with Crippen molar-refractivity contribution in [2.24, 2.45) is 0 Å². The maximum absolute atomic E-state index is 13.4. The number of carbonyl (C=O) groups is 2. The highest BCUT2D eigenvalue weighted by atomic mass is 35.5. The Morgan fingerprint density at radius 3 is 2.31 bits per heavy atom. The first-order valence-corrected chi connectivity index (χ1v) is 11.8. The number of ether oxygens (including phenoxy) is 1. The normalized spacial score (nSPS) is 17.3. The van der Waals surface area contributed by atoms with E-state index in [4.69, 9.17) is 16.3 Å². The fourth-order valence-electron chi connectivity index (χ4n) is 4.58. The summed E-state index contributed by atoms with van der Waals surface area (Å²) in [5.41, 5.74) is 4.43. The van der Waals surface area contributed by atoms with E-state index in [1.807, 2.05) is 64.1 Å². The van der Waals surface area contributed by atoms with Crippen molar-refractivity contribution in [3.8, 4) is 5.75 Å². The smallest absolute Gasteiger partial charge is 0.300 e. The highest BCUT2D eigenvalue weighted by Gasteiger charge is 2.47. The first kappa shape index (κ1) is 24.6. The largest absolute Gasteiger partial charge is 0.507 e. The van der Waals surface area contributed by atoms with Crippen LogP contribution in [0.1, 0.15) is 53.6 Å². The van der Waals surface area contributed by atoms with Gasteiger partial charge in [0, 0.05) is 16.3 Å². The third kappa shape index (κ3) is 4.44. The van der Waals surface area contributed by atoms with Crippen LogP contribution >= 0.6 is 11.6 Å². The number of aliphatic hydroxyl groups excluding tert-OH is 1. The number of benzene rings is 3. The van der Waals surface area contributed by atoms with E-state index in [1.165, 1.54) is 4.90 Å². The van der Waals surface area contributed by atoms with Gasteiger partial charge in [0.1, 0.15) is 11.5 Å². The molecular weight excluding hydrogens is 462 g/mol. The van der Waals surface area contributed by atoms with Crippen molar-refractivity contribution in [2.75, 3.05) is 12.0 Å². The summed E-state index contributed by atoms with van der Waals surface area (Å²) >= 11 is 6.07. The molecule has 0 bridgehead atoms. The molecule has 5 nitrogen and oxygen atoms in total. The van der Waals surface area contributed by atoms with E-state index >= 15 is 0 Å². The lowest BCUT2D eigenvalue weighted by Crippen LogP contribution is -2.29. The predicted molar refractivity (Wildman–Crippen MR) is 139 cm³/mol. The van der Waals surface area contributed by atoms with E-state index in [0.29, 0.717) is 22.0 Å². The molecule has 1 fully saturated rings. The van der Waals surface area contributed by atoms with Gasteiger partial charge in [0.25, 0.3) is 11.7 Å². The molecule has 1 aliphatic rings. The van der Waals surface area contributed by atoms with Crippen LogP contribution in [0.5, 0.6) is 5.75 Å². The molecule has 1 atom stereocenters. The van der Waals surface area contributed by atoms with Crippen LogP contribution in [0, 0.1) is 13.8 Å². The summed E-state index contributed by atoms with van der Waals surface area (Å²) in [4.78, 5) is 28.2. The molecule has 35 heavy (non-hydrogen) atoms. The number of amides is 1. The molecule has 3 aromatic rings. The summed E-state index contributed by atoms with van der Waals surface area (Å²) in [5, 5.41) is 12.1. The lowest BCUT2D eigenvalue weighted by Gasteiger charge is -2.26. The van der Waals surface area contributed by atoms with Gasteiger partial charge in [-0.3, -0.25) is 14.5 Å². The molecule has 1 unspecified atom stereocenters. The van der Waals surface area contributed by atoms with E-state index in [0.717, 1.165) is 22.3 Å². The summed E-state index contributed by atoms with van der Waals surface area (Å²) in [5.74, 6) is -0.790. The number of nitrogens with zero attached hydrogens (tertiary/aromatic N) is 1. The van der Waals surface area contributed by atoms with Gasteiger partial charge in [-0.15, -0.1) is 0 Å². The van der Waals surface area contributed by atoms with Gasteiger partial charge in [0.05, 0.1) is 18.7 Å². The SMILES string of the molecule is COc1cc(C)c(/C(O)=C2\C(=O)C(=O)N(c3ccc(Cl)cc3)C2c2cccc(C)c2)cc1C(C)C. The fourth-order valence-corrected chi connectivity index (χ4v) is 4.71. The Kier molecular flexibility index (Phi) is 6.73. The number of methoxy groups -OCH3 is 1. The third-order valence-corrected chi connectivity index (χ3v) is 6.61. The number of aliphatic hydroxyl groups is 1. The maximum atomic E-state index is 13.4. The number of ketones is 1. The van der Waals surface area contributed by atoms with E-state index in [9.17, 15) is 14.7 Å². The van der Waals surface area contributed by atoms with Crippen LogP contribution in [-0.4, -0.2) is 23.9 Å². The zero-order chi connectivity index (χ0) is 25.4. The van der Waals surface area contributed by atoms with Gasteiger partial charge in [-0.2, -0.15) is 0 Å². The van der Waals surface area contributed by atoms with Gasteiger partial charge in [-0.25, -0.2) is 0 Å². The van der Waals surface area contributed by atoms with Crippen LogP contribution in [0.4, 0.5) is 5.69 Å². The number of anilines is 1. The summed E-state index contributed by atoms with van der Waals surface area (Å²) < 4.78 is 5.54. The minimum Gasteiger partial charge on any atom is -0.507 e. The van der Waals surface area contributed by atoms with Crippen LogP contribution in [0.3, 0.4) is 0 Å². The number of hydrogen-bond donors (Lipinski definition) is 1. The second kappa shape index (κ2) is 9.59. The van der Waals surface area contributed by atoms with Crippen LogP contribution in [0.2, 0.25) is 5.02 Å². The first-order valence-electron chi connectivity index (χ1n) is 11.5. The van der Waals surface area contributed by atoms with Crippen molar-refractivity contribution in [1.29, 1.82) is 0 Å². The number of Topliss-reactive ketones (excluding diaryl/α,β-unsaturated/α-hetero) is 1. The molecule has 3 aromatic carbocycles. The number of halogens is 1. The number of rotatable bonds is 5. The molecule has 6 heteroatoms. The van der Waals surface area contributed by atoms with Gasteiger partial charge in [-0.05, 0) is 72.9 Å². The van der Waals surface area contributed by atoms with Crippen LogP contribution < -0.4 is 9.64 Å². The van der Waals surface area contributed by atoms with Crippen LogP contribution in [0.15, 0.2) is 66.2 Å². The number of hydrogen-bond acceptors (Lipinski definition) is 4. The Bertz CT molecular complexity index is 1340. The van der Waals surface area contributed by atoms with E-state index < -0.39 is 17.7 Å². The van der Waals surface area contributed by atoms with E-state index in [-0.39, 0.29) is 17.3 Å². The molecule has 4 rings (SSSR count). The molecule has 1 aliphatic heterocycles. The first-order chi connectivity index (χ1) is 16.6. The topological polar surface area (TPSA) is 66.8 Å². The van der Waals surface area contributed by atoms with Crippen molar-refractivity contribution in [2.45, 2.75) is 39.7 Å². The molecule has 0 radical (unpaired) electrons. The highest BCUT2D eigenvalue weighted by Crippen LogP contribution is 2.43. The minimum absolute atomic E-state index is 0.0542. The Labute approximate surface area is 210 Å². The van der Waals surface area contributed by atoms with Crippen LogP contribution in [-0.2, 0) is 9.59 Å². The molecule has 0 spiro atoms. The second-order valence-corrected chi connectivity index (χ2v) is 9.56. The maximum Gasteiger partial charge on any atom is 0.300 e. The van der Waals surface area contributed by atoms with E-state index in [1.54, 1.807) is 31.4 Å². The Morgan fingerprint density at radius 2 is 1.71 bits per heavy atom. The molecule has 180 valence electrons. The van der Waals surface area contributed by atoms with Crippen molar-refractivity contribution in [1.82, 2.24) is 0 Å². The second-order valence-electron chi connectivity index (χ2n) is 9.12. The molecule has 0 aromatic heterocycles. The van der Waals surface area contributed by atoms with Gasteiger partial charge in [-0.1, -0.05) is 55.3 Å². The summed E-state index contributed by atoms with van der Waals surface area (Å²) in [6.45, 7) is 7.85. The van der Waals surface area contributed by atoms with Crippen molar-refractivity contribution in [3.05, 3.63) is 99.1 Å². The molecule has 0 saturated carbocycles. The molecule has 1 N–H and O–H groups in total. The van der Waals surface area contributed by atoms with Crippen molar-refractivity contribution in [3.63, 3.8) is 0 Å². The predicted octanol–water partition coefficient (Wildman–Crippen LogP) is 6.72. The monoisotopic (exact) mass is 489 g/mol. The average molecular weight is 490 g/mol. The quantitative estimate of drug-likeness (QED) is 0.245. The molecular formula is C29H28ClNO4. The lowest BCUT2D eigenvalue weighted by atomic mass is 9.90. The number of carbonyl (C=O) groups excluding carboxylic acids is 2. The standard InChI is InChI=1S/C29H28ClNO4/c1-16(2)22-15-23(18(4)14-24(22)35-5)27(32)25-26(19-8-6-7-17(3)13-19)31(29(34)28(25)33)21-11-9-20(30)10-12-21/h6-16,26,32H,1-5H3/b27-25+. The fraction of sp³-hybridized carbons (Fsp3) is 0.241. The minimum atomic E-state index is -0.792. The Morgan fingerprint density at radius 1 is 1.03 bits per heavy atom. The Hall–Kier alpha value is -3.57. The molecule has 0 aliphatic carbocycles. The van der Waals surface area contributed by atoms with Gasteiger partial charge in [0.2, 0.25) is 0 Å². The summed E-state index contributed by atoms with van der Waals surface area (Å²) in [6.07, 6.45) is 0. The van der Waals surface area contributed by atoms with Crippen molar-refractivity contribution >= 4 is 34.7 Å². The zero-order valence-electron chi connectivity index (χ0n) is 20.4. The van der Waals surface area contributed by atoms with Gasteiger partial charge < -0.3 is 9.84 Å². The van der Waals surface area contributed by atoms with E-state index in [2.05, 4.69) is 0 Å². The summed E-state index contributed by atoms with van der Waals surface area (Å²) in [6, 6.07) is 17.3. The average Bonchev–Trinajstić information content (AvgIpc) is 3.09. The van der Waals surface area contributed by atoms with Gasteiger partial charge in [0.15, 0.2) is 0 Å². The van der Waals surface area contributed by atoms with Crippen molar-refractivity contribution < 1.29 is 19.4 Å². The molecule has 1 saturated heterocycles. The summed E-state index contributed by atoms with van der Waals surface area (Å²) in [7, 11) is 1.61. The van der Waals surface area contributed by atoms with Crippen LogP contribution in [0.25, 0.3) is 5.76 Å². The van der Waals surface area contributed by atoms with Gasteiger partial charge >= 0.3 is 0 Å². The molecule has 1 heterocycles. The lowest BCUT2D eigenvalue weighted by molar-refractivity contribution is -0.132. The zero-order valence-corrected chi connectivity index (χ0v) is 21.2. The third-order valence-electron chi connectivity index (χ3n) is 6.36. The highest BCUT2D eigenvalue weighted by molar-refractivity contribution is 6.51. The molecule has 1 amide bonds. The Balaban J connectivity index is 1.99. The number of aryl methyl sites for hydroxylation is 2.